The zero-order chi connectivity index (χ0) is 18.9. The van der Waals surface area contributed by atoms with Crippen LogP contribution in [-0.2, 0) is 9.53 Å². The van der Waals surface area contributed by atoms with Crippen LogP contribution in [0.5, 0.6) is 0 Å². The van der Waals surface area contributed by atoms with Crippen molar-refractivity contribution in [1.29, 1.82) is 0 Å². The summed E-state index contributed by atoms with van der Waals surface area (Å²) in [6.45, 7) is 0. The van der Waals surface area contributed by atoms with Gasteiger partial charge in [0.2, 0.25) is 0 Å². The fraction of sp³-hybridized carbons (Fsp3) is 0.857. The average Bonchev–Trinajstić information content (AvgIpc) is 2.22. The Morgan fingerprint density at radius 2 is 1.13 bits per heavy atom. The van der Waals surface area contributed by atoms with Gasteiger partial charge < -0.3 is 5.11 Å². The van der Waals surface area contributed by atoms with Gasteiger partial charge in [0.1, 0.15) is 0 Å². The van der Waals surface area contributed by atoms with E-state index in [2.05, 4.69) is 0 Å². The van der Waals surface area contributed by atoms with Gasteiger partial charge in [0.15, 0.2) is 0 Å². The summed E-state index contributed by atoms with van der Waals surface area (Å²) >= 11 is 0. The smallest absolute Gasteiger partial charge is 0.448 e. The highest BCUT2D eigenvalue weighted by molar-refractivity contribution is 5.78. The summed E-state index contributed by atoms with van der Waals surface area (Å²) in [5.41, 5.74) is 0. The first-order valence-electron chi connectivity index (χ1n) is 4.77. The van der Waals surface area contributed by atoms with Crippen LogP contribution >= 0.6 is 0 Å². The van der Waals surface area contributed by atoms with Crippen molar-refractivity contribution in [2.24, 2.45) is 0 Å². The van der Waals surface area contributed by atoms with Crippen LogP contribution in [0, 0.1) is 0 Å². The molecule has 16 heteroatoms. The molecule has 1 saturated heterocycles. The normalized spacial score (nSPS) is 28.9. The lowest BCUT2D eigenvalue weighted by Crippen LogP contribution is -2.81. The van der Waals surface area contributed by atoms with Crippen LogP contribution in [0.4, 0.5) is 52.7 Å². The van der Waals surface area contributed by atoms with Gasteiger partial charge in [0, 0.05) is 0 Å². The van der Waals surface area contributed by atoms with Crippen LogP contribution in [0.2, 0.25) is 0 Å². The van der Waals surface area contributed by atoms with Crippen molar-refractivity contribution in [3.05, 3.63) is 0 Å². The quantitative estimate of drug-likeness (QED) is 0.596. The molecule has 0 bridgehead atoms. The van der Waals surface area contributed by atoms with E-state index < -0.39 is 47.1 Å². The second-order valence-corrected chi connectivity index (χ2v) is 3.98. The molecule has 1 aliphatic rings. The molecule has 0 radical (unpaired) electrons. The van der Waals surface area contributed by atoms with Gasteiger partial charge in [-0.2, -0.15) is 48.3 Å². The molecular weight excluding hydrogens is 374 g/mol. The molecule has 0 aliphatic carbocycles. The van der Waals surface area contributed by atoms with Crippen LogP contribution in [-0.4, -0.2) is 52.3 Å². The number of hydrogen-bond acceptors (Lipinski definition) is 3. The summed E-state index contributed by atoms with van der Waals surface area (Å²) in [6.07, 6.45) is -20.8. The summed E-state index contributed by atoms with van der Waals surface area (Å²) < 4.78 is 156. The topological polar surface area (TPSA) is 49.8 Å². The molecule has 1 fully saturated rings. The van der Waals surface area contributed by atoms with Crippen molar-refractivity contribution >= 4 is 5.97 Å². The summed E-state index contributed by atoms with van der Waals surface area (Å²) in [4.78, 5) is 6.47. The number of hydrogen-bond donors (Lipinski definition) is 1. The fourth-order valence-electron chi connectivity index (χ4n) is 1.45. The maximum absolute atomic E-state index is 13.5. The second-order valence-electron chi connectivity index (χ2n) is 3.98. The van der Waals surface area contributed by atoms with Gasteiger partial charge >= 0.3 is 42.2 Å². The Balaban J connectivity index is 3.82. The lowest BCUT2D eigenvalue weighted by Gasteiger charge is -2.50. The molecule has 0 unspecified atom stereocenters. The molecule has 1 heterocycles. The Morgan fingerprint density at radius 3 is 1.35 bits per heavy atom. The van der Waals surface area contributed by atoms with Crippen molar-refractivity contribution in [1.82, 2.24) is 4.90 Å². The number of aliphatic carboxylic acids is 1. The second kappa shape index (κ2) is 4.55. The largest absolute Gasteiger partial charge is 0.478 e. The Labute approximate surface area is 116 Å². The van der Waals surface area contributed by atoms with E-state index in [-0.39, 0.29) is 0 Å². The highest BCUT2D eigenvalue weighted by atomic mass is 19.4. The predicted octanol–water partition coefficient (Wildman–Crippen LogP) is 3.00. The van der Waals surface area contributed by atoms with E-state index >= 15 is 0 Å². The molecule has 1 aliphatic heterocycles. The minimum Gasteiger partial charge on any atom is -0.478 e. The highest BCUT2D eigenvalue weighted by Gasteiger charge is 2.91. The first-order valence-corrected chi connectivity index (χ1v) is 4.77. The summed E-state index contributed by atoms with van der Waals surface area (Å²) in [6, 6.07) is -14.2. The molecule has 0 aromatic heterocycles. The van der Waals surface area contributed by atoms with Gasteiger partial charge in [-0.1, -0.05) is 0 Å². The van der Waals surface area contributed by atoms with Crippen LogP contribution in [0.25, 0.3) is 0 Å². The van der Waals surface area contributed by atoms with Gasteiger partial charge in [-0.25, -0.2) is 13.9 Å². The molecule has 0 amide bonds. The zero-order valence-electron chi connectivity index (χ0n) is 9.75. The van der Waals surface area contributed by atoms with E-state index in [1.54, 1.807) is 4.74 Å². The number of halogens is 12. The molecule has 0 spiro atoms. The highest BCUT2D eigenvalue weighted by Crippen LogP contribution is 2.60. The molecule has 4 nitrogen and oxygen atoms in total. The minimum atomic E-state index is -7.24. The number of alkyl halides is 12. The third-order valence-corrected chi connectivity index (χ3v) is 2.49. The first-order chi connectivity index (χ1) is 9.77. The number of nitrogens with zero attached hydrogens (tertiary/aromatic N) is 1. The van der Waals surface area contributed by atoms with Gasteiger partial charge in [-0.15, -0.1) is 4.90 Å². The van der Waals surface area contributed by atoms with Crippen LogP contribution < -0.4 is 0 Å². The van der Waals surface area contributed by atoms with E-state index in [0.29, 0.717) is 0 Å². The van der Waals surface area contributed by atoms with Gasteiger partial charge in [0.05, 0.1) is 0 Å². The number of rotatable bonds is 2. The fourth-order valence-corrected chi connectivity index (χ4v) is 1.45. The predicted molar refractivity (Wildman–Crippen MR) is 40.2 cm³/mol. The molecule has 0 saturated carbocycles. The molecule has 1 atom stereocenters. The molecule has 1 rings (SSSR count). The number of morpholine rings is 1. The Morgan fingerprint density at radius 1 is 0.826 bits per heavy atom. The summed E-state index contributed by atoms with van der Waals surface area (Å²) in [7, 11) is 0. The van der Waals surface area contributed by atoms with Gasteiger partial charge in [0.25, 0.3) is 0 Å². The van der Waals surface area contributed by atoms with E-state index in [1.807, 2.05) is 0 Å². The molecule has 0 aromatic rings. The molecule has 136 valence electrons. The number of carbonyl (C=O) groups is 1. The van der Waals surface area contributed by atoms with E-state index in [4.69, 9.17) is 5.11 Å². The minimum absolute atomic E-state index is 1.77. The van der Waals surface area contributed by atoms with Crippen LogP contribution in [0.15, 0.2) is 0 Å². The monoisotopic (exact) mass is 375 g/mol. The van der Waals surface area contributed by atoms with Crippen molar-refractivity contribution < 1.29 is 67.3 Å². The summed E-state index contributed by atoms with van der Waals surface area (Å²) in [5.74, 6) is -11.2. The molecule has 0 aromatic carbocycles. The van der Waals surface area contributed by atoms with E-state index in [1.165, 1.54) is 0 Å². The third-order valence-electron chi connectivity index (χ3n) is 2.49. The molecule has 23 heavy (non-hydrogen) atoms. The van der Waals surface area contributed by atoms with E-state index in [9.17, 15) is 57.5 Å². The third kappa shape index (κ3) is 2.29. The molecule has 1 N–H and O–H groups in total. The SMILES string of the molecule is O=C(O)[C@](F)(N1C(F)(F)C(F)(F)OC(F)(F)C1(F)F)C(F)(F)F. The van der Waals surface area contributed by atoms with Crippen LogP contribution in [0.1, 0.15) is 0 Å². The van der Waals surface area contributed by atoms with Crippen molar-refractivity contribution in [3.63, 3.8) is 0 Å². The maximum atomic E-state index is 13.5. The van der Waals surface area contributed by atoms with Crippen molar-refractivity contribution in [2.45, 2.75) is 36.3 Å². The Kier molecular flexibility index (Phi) is 3.88. The lowest BCUT2D eigenvalue weighted by molar-refractivity contribution is -0.583. The first kappa shape index (κ1) is 19.6. The number of carboxylic acids is 1. The van der Waals surface area contributed by atoms with Crippen molar-refractivity contribution in [3.8, 4) is 0 Å². The van der Waals surface area contributed by atoms with Crippen molar-refractivity contribution in [2.75, 3.05) is 0 Å². The Bertz CT molecular complexity index is 489. The van der Waals surface area contributed by atoms with E-state index in [0.717, 1.165) is 0 Å². The van der Waals surface area contributed by atoms with Gasteiger partial charge in [-0.3, -0.25) is 0 Å². The lowest BCUT2D eigenvalue weighted by atomic mass is 10.1. The average molecular weight is 375 g/mol. The van der Waals surface area contributed by atoms with Gasteiger partial charge in [-0.05, 0) is 0 Å². The maximum Gasteiger partial charge on any atom is 0.448 e. The Hall–Kier alpha value is -1.45. The number of ether oxygens (including phenoxy) is 1. The van der Waals surface area contributed by atoms with Crippen LogP contribution in [0.3, 0.4) is 0 Å². The standard InChI is InChI=1S/C7HF12NO3/c8-2(1(21)22,3(9,10)11)20-4(12,13)6(16,17)23-7(18,19)5(20,14)15/h(H,21,22)/t2-/m0/s1. The number of carboxylic acid groups (broad SMARTS) is 1. The zero-order valence-corrected chi connectivity index (χ0v) is 9.75. The molecular formula is C7HF12NO3. The summed E-state index contributed by atoms with van der Waals surface area (Å²) in [5, 5.41) is 7.99.